The van der Waals surface area contributed by atoms with Crippen molar-refractivity contribution in [2.45, 2.75) is 32.3 Å². The highest BCUT2D eigenvalue weighted by Gasteiger charge is 2.17. The Bertz CT molecular complexity index is 1100. The van der Waals surface area contributed by atoms with Gasteiger partial charge in [0, 0.05) is 29.9 Å². The second-order valence-electron chi connectivity index (χ2n) is 6.68. The first-order chi connectivity index (χ1) is 13.9. The molecule has 0 aliphatic carbocycles. The Morgan fingerprint density at radius 3 is 2.69 bits per heavy atom. The third kappa shape index (κ3) is 4.11. The number of carbonyl (C=O) groups is 1. The maximum absolute atomic E-state index is 12.4. The molecule has 0 radical (unpaired) electrons. The fraction of sp³-hybridized carbons (Fsp3) is 0.368. The normalized spacial score (nSPS) is 13.4. The van der Waals surface area contributed by atoms with Crippen LogP contribution in [-0.2, 0) is 4.79 Å². The van der Waals surface area contributed by atoms with Crippen LogP contribution >= 0.6 is 23.4 Å². The Labute approximate surface area is 177 Å². The molecule has 3 heterocycles. The van der Waals surface area contributed by atoms with E-state index in [9.17, 15) is 4.79 Å². The SMILES string of the molecule is Cc1nc2nc(SCC(=O)Nc3cc4c(cc3Cl)OCCCO4)nn2c(C)c1C. The number of nitrogens with zero attached hydrogens (tertiary/aromatic N) is 4. The molecule has 1 aliphatic heterocycles. The van der Waals surface area contributed by atoms with E-state index in [1.165, 1.54) is 11.8 Å². The first-order valence-corrected chi connectivity index (χ1v) is 10.5. The molecular weight excluding hydrogens is 414 g/mol. The van der Waals surface area contributed by atoms with E-state index < -0.39 is 0 Å². The molecule has 0 fully saturated rings. The minimum absolute atomic E-state index is 0.138. The van der Waals surface area contributed by atoms with Crippen LogP contribution in [0.5, 0.6) is 11.5 Å². The second-order valence-corrected chi connectivity index (χ2v) is 8.03. The van der Waals surface area contributed by atoms with Gasteiger partial charge in [-0.3, -0.25) is 4.79 Å². The topological polar surface area (TPSA) is 90.6 Å². The lowest BCUT2D eigenvalue weighted by atomic mass is 10.2. The van der Waals surface area contributed by atoms with Crippen molar-refractivity contribution in [3.05, 3.63) is 34.1 Å². The molecule has 1 N–H and O–H groups in total. The van der Waals surface area contributed by atoms with Gasteiger partial charge in [0.25, 0.3) is 5.78 Å². The number of amides is 1. The summed E-state index contributed by atoms with van der Waals surface area (Å²) in [6, 6.07) is 3.35. The summed E-state index contributed by atoms with van der Waals surface area (Å²) in [5, 5.41) is 8.14. The van der Waals surface area contributed by atoms with Crippen molar-refractivity contribution in [3.8, 4) is 11.5 Å². The van der Waals surface area contributed by atoms with Crippen molar-refractivity contribution >= 4 is 40.7 Å². The lowest BCUT2D eigenvalue weighted by molar-refractivity contribution is -0.113. The molecule has 3 aromatic rings. The Kier molecular flexibility index (Phi) is 5.51. The smallest absolute Gasteiger partial charge is 0.253 e. The van der Waals surface area contributed by atoms with E-state index in [0.717, 1.165) is 23.4 Å². The van der Waals surface area contributed by atoms with Crippen molar-refractivity contribution in [3.63, 3.8) is 0 Å². The fourth-order valence-electron chi connectivity index (χ4n) is 2.89. The van der Waals surface area contributed by atoms with Crippen LogP contribution in [0.3, 0.4) is 0 Å². The summed E-state index contributed by atoms with van der Waals surface area (Å²) < 4.78 is 12.9. The molecule has 0 bridgehead atoms. The Morgan fingerprint density at radius 1 is 1.21 bits per heavy atom. The second kappa shape index (κ2) is 8.08. The minimum Gasteiger partial charge on any atom is -0.490 e. The summed E-state index contributed by atoms with van der Waals surface area (Å²) in [4.78, 5) is 21.3. The summed E-state index contributed by atoms with van der Waals surface area (Å²) >= 11 is 7.52. The average molecular weight is 434 g/mol. The largest absolute Gasteiger partial charge is 0.490 e. The molecule has 152 valence electrons. The van der Waals surface area contributed by atoms with Gasteiger partial charge in [-0.2, -0.15) is 4.98 Å². The molecular formula is C19H20ClN5O3S. The van der Waals surface area contributed by atoms with Crippen LogP contribution in [0.2, 0.25) is 5.02 Å². The van der Waals surface area contributed by atoms with E-state index in [1.807, 2.05) is 20.8 Å². The zero-order chi connectivity index (χ0) is 20.5. The molecule has 10 heteroatoms. The Hall–Kier alpha value is -2.52. The molecule has 1 aromatic carbocycles. The van der Waals surface area contributed by atoms with Gasteiger partial charge in [0.05, 0.1) is 29.7 Å². The minimum atomic E-state index is -0.220. The summed E-state index contributed by atoms with van der Waals surface area (Å²) in [7, 11) is 0. The fourth-order valence-corrected chi connectivity index (χ4v) is 3.71. The van der Waals surface area contributed by atoms with Gasteiger partial charge in [-0.05, 0) is 26.3 Å². The number of aryl methyl sites for hydroxylation is 2. The van der Waals surface area contributed by atoms with Gasteiger partial charge in [-0.25, -0.2) is 9.50 Å². The lowest BCUT2D eigenvalue weighted by Crippen LogP contribution is -2.14. The highest BCUT2D eigenvalue weighted by molar-refractivity contribution is 7.99. The van der Waals surface area contributed by atoms with Crippen molar-refractivity contribution in [2.24, 2.45) is 0 Å². The van der Waals surface area contributed by atoms with E-state index >= 15 is 0 Å². The van der Waals surface area contributed by atoms with Crippen LogP contribution in [0.4, 0.5) is 5.69 Å². The Balaban J connectivity index is 1.45. The van der Waals surface area contributed by atoms with E-state index in [0.29, 0.717) is 46.4 Å². The number of aromatic nitrogens is 4. The molecule has 8 nitrogen and oxygen atoms in total. The molecule has 1 amide bonds. The summed E-state index contributed by atoms with van der Waals surface area (Å²) in [6.07, 6.45) is 0.796. The van der Waals surface area contributed by atoms with Crippen LogP contribution in [0.25, 0.3) is 5.78 Å². The molecule has 2 aromatic heterocycles. The van der Waals surface area contributed by atoms with E-state index in [4.69, 9.17) is 21.1 Å². The number of nitrogens with one attached hydrogen (secondary N) is 1. The van der Waals surface area contributed by atoms with Crippen molar-refractivity contribution in [1.82, 2.24) is 19.6 Å². The third-order valence-corrected chi connectivity index (χ3v) is 5.84. The number of ether oxygens (including phenoxy) is 2. The first-order valence-electron chi connectivity index (χ1n) is 9.15. The van der Waals surface area contributed by atoms with E-state index in [1.54, 1.807) is 16.6 Å². The summed E-state index contributed by atoms with van der Waals surface area (Å²) in [5.41, 5.74) is 3.45. The number of fused-ring (bicyclic) bond motifs is 2. The van der Waals surface area contributed by atoms with Crippen LogP contribution in [0, 0.1) is 20.8 Å². The third-order valence-electron chi connectivity index (χ3n) is 4.69. The van der Waals surface area contributed by atoms with Gasteiger partial charge in [0.1, 0.15) is 0 Å². The van der Waals surface area contributed by atoms with Gasteiger partial charge in [-0.15, -0.1) is 5.10 Å². The maximum Gasteiger partial charge on any atom is 0.253 e. The monoisotopic (exact) mass is 433 g/mol. The number of benzene rings is 1. The lowest BCUT2D eigenvalue weighted by Gasteiger charge is -2.12. The van der Waals surface area contributed by atoms with Crippen LogP contribution < -0.4 is 14.8 Å². The van der Waals surface area contributed by atoms with Gasteiger partial charge in [-0.1, -0.05) is 23.4 Å². The summed E-state index contributed by atoms with van der Waals surface area (Å²) in [6.45, 7) is 7.04. The number of hydrogen-bond acceptors (Lipinski definition) is 7. The van der Waals surface area contributed by atoms with Crippen LogP contribution in [-0.4, -0.2) is 44.5 Å². The molecule has 0 atom stereocenters. The number of hydrogen-bond donors (Lipinski definition) is 1. The number of thioether (sulfide) groups is 1. The zero-order valence-electron chi connectivity index (χ0n) is 16.3. The molecule has 4 rings (SSSR count). The summed E-state index contributed by atoms with van der Waals surface area (Å²) in [5.74, 6) is 1.60. The van der Waals surface area contributed by atoms with Gasteiger partial charge in [0.2, 0.25) is 11.1 Å². The van der Waals surface area contributed by atoms with E-state index in [2.05, 4.69) is 20.4 Å². The molecule has 29 heavy (non-hydrogen) atoms. The first kappa shape index (κ1) is 19.8. The van der Waals surface area contributed by atoms with Crippen LogP contribution in [0.15, 0.2) is 17.3 Å². The average Bonchev–Trinajstić information content (AvgIpc) is 2.96. The van der Waals surface area contributed by atoms with Gasteiger partial charge in [0.15, 0.2) is 11.5 Å². The number of rotatable bonds is 4. The number of anilines is 1. The zero-order valence-corrected chi connectivity index (χ0v) is 17.9. The highest BCUT2D eigenvalue weighted by atomic mass is 35.5. The molecule has 1 aliphatic rings. The molecule has 0 unspecified atom stereocenters. The maximum atomic E-state index is 12.4. The van der Waals surface area contributed by atoms with Gasteiger partial charge < -0.3 is 14.8 Å². The predicted molar refractivity (Wildman–Crippen MR) is 111 cm³/mol. The van der Waals surface area contributed by atoms with Gasteiger partial charge >= 0.3 is 0 Å². The molecule has 0 saturated carbocycles. The predicted octanol–water partition coefficient (Wildman–Crippen LogP) is 3.60. The standard InChI is InChI=1S/C19H20ClN5O3S/c1-10-11(2)21-18-23-19(24-25(18)12(10)3)29-9-17(26)22-14-8-16-15(7-13(14)20)27-5-4-6-28-16/h7-8H,4-6,9H2,1-3H3,(H,22,26). The number of carbonyl (C=O) groups excluding carboxylic acids is 1. The van der Waals surface area contributed by atoms with Crippen LogP contribution in [0.1, 0.15) is 23.4 Å². The molecule has 0 saturated heterocycles. The Morgan fingerprint density at radius 2 is 1.93 bits per heavy atom. The highest BCUT2D eigenvalue weighted by Crippen LogP contribution is 2.37. The van der Waals surface area contributed by atoms with Crippen molar-refractivity contribution < 1.29 is 14.3 Å². The number of halogens is 1. The van der Waals surface area contributed by atoms with Crippen molar-refractivity contribution in [1.29, 1.82) is 0 Å². The quantitative estimate of drug-likeness (QED) is 0.628. The van der Waals surface area contributed by atoms with E-state index in [-0.39, 0.29) is 11.7 Å². The molecule has 0 spiro atoms. The van der Waals surface area contributed by atoms with Crippen molar-refractivity contribution in [2.75, 3.05) is 24.3 Å².